The van der Waals surface area contributed by atoms with Gasteiger partial charge in [-0.05, 0) is 44.9 Å². The predicted octanol–water partition coefficient (Wildman–Crippen LogP) is 4.63. The molecule has 1 rings (SSSR count). The Labute approximate surface area is 120 Å². The van der Waals surface area contributed by atoms with Crippen molar-refractivity contribution in [2.45, 2.75) is 45.4 Å². The Morgan fingerprint density at radius 3 is 2.30 bits per heavy atom. The molecule has 2 nitrogen and oxygen atoms in total. The molecule has 0 aliphatic carbocycles. The summed E-state index contributed by atoms with van der Waals surface area (Å²) in [5, 5.41) is -0.362. The maximum Gasteiger partial charge on any atom is 0.417 e. The van der Waals surface area contributed by atoms with Gasteiger partial charge in [-0.3, -0.25) is 4.79 Å². The van der Waals surface area contributed by atoms with Crippen LogP contribution in [0.1, 0.15) is 38.3 Å². The summed E-state index contributed by atoms with van der Waals surface area (Å²) in [6.45, 7) is 5.25. The van der Waals surface area contributed by atoms with Gasteiger partial charge in [0.1, 0.15) is 5.60 Å². The highest BCUT2D eigenvalue weighted by molar-refractivity contribution is 6.31. The van der Waals surface area contributed by atoms with E-state index in [0.29, 0.717) is 5.56 Å². The number of esters is 1. The van der Waals surface area contributed by atoms with Crippen molar-refractivity contribution < 1.29 is 22.7 Å². The largest absolute Gasteiger partial charge is 0.460 e. The fourth-order valence-electron chi connectivity index (χ4n) is 1.58. The summed E-state index contributed by atoms with van der Waals surface area (Å²) in [5.41, 5.74) is -0.886. The predicted molar refractivity (Wildman–Crippen MR) is 70.6 cm³/mol. The van der Waals surface area contributed by atoms with Crippen molar-refractivity contribution >= 4 is 17.6 Å². The maximum absolute atomic E-state index is 12.5. The number of carbonyl (C=O) groups is 1. The molecule has 1 aromatic carbocycles. The van der Waals surface area contributed by atoms with Crippen molar-refractivity contribution in [3.8, 4) is 0 Å². The average molecular weight is 309 g/mol. The van der Waals surface area contributed by atoms with E-state index in [1.165, 1.54) is 12.1 Å². The molecular weight excluding hydrogens is 293 g/mol. The van der Waals surface area contributed by atoms with Crippen molar-refractivity contribution in [1.82, 2.24) is 0 Å². The molecule has 0 saturated heterocycles. The minimum Gasteiger partial charge on any atom is -0.460 e. The zero-order chi connectivity index (χ0) is 15.6. The van der Waals surface area contributed by atoms with Gasteiger partial charge in [-0.15, -0.1) is 0 Å². The van der Waals surface area contributed by atoms with E-state index in [-0.39, 0.29) is 17.9 Å². The molecule has 0 atom stereocenters. The molecule has 20 heavy (non-hydrogen) atoms. The van der Waals surface area contributed by atoms with Gasteiger partial charge in [0, 0.05) is 6.42 Å². The van der Waals surface area contributed by atoms with Crippen molar-refractivity contribution in [1.29, 1.82) is 0 Å². The smallest absolute Gasteiger partial charge is 0.417 e. The second-order valence-corrected chi connectivity index (χ2v) is 5.81. The van der Waals surface area contributed by atoms with E-state index < -0.39 is 23.3 Å². The summed E-state index contributed by atoms with van der Waals surface area (Å²) >= 11 is 5.60. The molecule has 0 bridgehead atoms. The van der Waals surface area contributed by atoms with Crippen molar-refractivity contribution in [2.75, 3.05) is 0 Å². The fourth-order valence-corrected chi connectivity index (χ4v) is 1.89. The molecule has 6 heteroatoms. The first-order valence-electron chi connectivity index (χ1n) is 6.06. The number of hydrogen-bond donors (Lipinski definition) is 0. The second-order valence-electron chi connectivity index (χ2n) is 5.40. The first kappa shape index (κ1) is 16.8. The lowest BCUT2D eigenvalue weighted by atomic mass is 10.1. The topological polar surface area (TPSA) is 26.3 Å². The molecule has 0 fully saturated rings. The van der Waals surface area contributed by atoms with E-state index in [2.05, 4.69) is 0 Å². The first-order valence-corrected chi connectivity index (χ1v) is 6.44. The van der Waals surface area contributed by atoms with Gasteiger partial charge in [-0.25, -0.2) is 0 Å². The molecule has 0 amide bonds. The van der Waals surface area contributed by atoms with Gasteiger partial charge in [-0.1, -0.05) is 17.7 Å². The normalized spacial score (nSPS) is 12.3. The average Bonchev–Trinajstić information content (AvgIpc) is 2.22. The van der Waals surface area contributed by atoms with Crippen LogP contribution >= 0.6 is 11.6 Å². The van der Waals surface area contributed by atoms with Gasteiger partial charge in [0.2, 0.25) is 0 Å². The van der Waals surface area contributed by atoms with Crippen LogP contribution in [0.25, 0.3) is 0 Å². The molecule has 0 aromatic heterocycles. The molecule has 0 saturated carbocycles. The molecule has 0 spiro atoms. The van der Waals surface area contributed by atoms with Crippen LogP contribution in [0, 0.1) is 0 Å². The number of alkyl halides is 3. The van der Waals surface area contributed by atoms with Crippen LogP contribution in [0.3, 0.4) is 0 Å². The zero-order valence-corrected chi connectivity index (χ0v) is 12.2. The Morgan fingerprint density at radius 2 is 1.85 bits per heavy atom. The standard InChI is InChI=1S/C14H16ClF3O2/c1-13(2,3)20-12(19)7-5-9-4-6-10(11(15)8-9)14(16,17)18/h4,6,8H,5,7H2,1-3H3. The Kier molecular flexibility index (Phi) is 5.08. The van der Waals surface area contributed by atoms with Crippen LogP contribution in [0.15, 0.2) is 18.2 Å². The lowest BCUT2D eigenvalue weighted by Crippen LogP contribution is -2.24. The van der Waals surface area contributed by atoms with E-state index in [0.717, 1.165) is 6.07 Å². The van der Waals surface area contributed by atoms with Crippen LogP contribution in [-0.4, -0.2) is 11.6 Å². The van der Waals surface area contributed by atoms with Gasteiger partial charge in [-0.2, -0.15) is 13.2 Å². The highest BCUT2D eigenvalue weighted by Crippen LogP contribution is 2.35. The van der Waals surface area contributed by atoms with E-state index >= 15 is 0 Å². The van der Waals surface area contributed by atoms with Crippen LogP contribution < -0.4 is 0 Å². The third kappa shape index (κ3) is 5.41. The molecule has 0 N–H and O–H groups in total. The summed E-state index contributed by atoms with van der Waals surface area (Å²) < 4.78 is 42.7. The molecule has 0 unspecified atom stereocenters. The van der Waals surface area contributed by atoms with E-state index in [4.69, 9.17) is 16.3 Å². The molecule has 0 heterocycles. The van der Waals surface area contributed by atoms with E-state index in [1.807, 2.05) is 0 Å². The maximum atomic E-state index is 12.5. The minimum atomic E-state index is -4.47. The molecule has 0 radical (unpaired) electrons. The summed E-state index contributed by atoms with van der Waals surface area (Å²) in [6.07, 6.45) is -4.09. The number of aryl methyl sites for hydroxylation is 1. The first-order chi connectivity index (χ1) is 8.99. The van der Waals surface area contributed by atoms with Crippen molar-refractivity contribution in [3.63, 3.8) is 0 Å². The van der Waals surface area contributed by atoms with Crippen molar-refractivity contribution in [3.05, 3.63) is 34.3 Å². The van der Waals surface area contributed by atoms with E-state index in [9.17, 15) is 18.0 Å². The Balaban J connectivity index is 2.67. The van der Waals surface area contributed by atoms with Gasteiger partial charge in [0.15, 0.2) is 0 Å². The highest BCUT2D eigenvalue weighted by Gasteiger charge is 2.33. The number of benzene rings is 1. The van der Waals surface area contributed by atoms with Gasteiger partial charge in [0.25, 0.3) is 0 Å². The third-order valence-electron chi connectivity index (χ3n) is 2.38. The number of halogens is 4. The molecule has 1 aromatic rings. The van der Waals surface area contributed by atoms with Gasteiger partial charge >= 0.3 is 12.1 Å². The number of ether oxygens (including phenoxy) is 1. The monoisotopic (exact) mass is 308 g/mol. The summed E-state index contributed by atoms with van der Waals surface area (Å²) in [7, 11) is 0. The van der Waals surface area contributed by atoms with Crippen molar-refractivity contribution in [2.24, 2.45) is 0 Å². The third-order valence-corrected chi connectivity index (χ3v) is 2.69. The van der Waals surface area contributed by atoms with Gasteiger partial charge in [0.05, 0.1) is 10.6 Å². The minimum absolute atomic E-state index is 0.0962. The molecule has 0 aliphatic rings. The summed E-state index contributed by atoms with van der Waals surface area (Å²) in [4.78, 5) is 11.5. The van der Waals surface area contributed by atoms with Crippen LogP contribution in [0.4, 0.5) is 13.2 Å². The Bertz CT molecular complexity index is 490. The Morgan fingerprint density at radius 1 is 1.25 bits per heavy atom. The molecule has 0 aliphatic heterocycles. The number of hydrogen-bond acceptors (Lipinski definition) is 2. The van der Waals surface area contributed by atoms with Crippen LogP contribution in [0.5, 0.6) is 0 Å². The lowest BCUT2D eigenvalue weighted by Gasteiger charge is -2.19. The van der Waals surface area contributed by atoms with Gasteiger partial charge < -0.3 is 4.74 Å². The second kappa shape index (κ2) is 6.04. The quantitative estimate of drug-likeness (QED) is 0.761. The summed E-state index contributed by atoms with van der Waals surface area (Å²) in [6, 6.07) is 3.47. The number of carbonyl (C=O) groups excluding carboxylic acids is 1. The fraction of sp³-hybridized carbons (Fsp3) is 0.500. The lowest BCUT2D eigenvalue weighted by molar-refractivity contribution is -0.154. The zero-order valence-electron chi connectivity index (χ0n) is 11.5. The Hall–Kier alpha value is -1.23. The van der Waals surface area contributed by atoms with Crippen LogP contribution in [0.2, 0.25) is 5.02 Å². The van der Waals surface area contributed by atoms with Crippen LogP contribution in [-0.2, 0) is 22.1 Å². The molecular formula is C14H16ClF3O2. The number of rotatable bonds is 3. The summed E-state index contributed by atoms with van der Waals surface area (Å²) in [5.74, 6) is -0.395. The highest BCUT2D eigenvalue weighted by atomic mass is 35.5. The SMILES string of the molecule is CC(C)(C)OC(=O)CCc1ccc(C(F)(F)F)c(Cl)c1. The van der Waals surface area contributed by atoms with E-state index in [1.54, 1.807) is 20.8 Å². The molecule has 112 valence electrons.